The van der Waals surface area contributed by atoms with Gasteiger partial charge in [-0.15, -0.1) is 0 Å². The fourth-order valence-electron chi connectivity index (χ4n) is 5.09. The lowest BCUT2D eigenvalue weighted by atomic mass is 9.97. The minimum Gasteiger partial charge on any atom is -0.493 e. The zero-order valence-electron chi connectivity index (χ0n) is 24.1. The highest BCUT2D eigenvalue weighted by Gasteiger charge is 2.44. The van der Waals surface area contributed by atoms with Gasteiger partial charge in [0.2, 0.25) is 18.5 Å². The molecule has 0 spiro atoms. The quantitative estimate of drug-likeness (QED) is 0.0897. The minimum atomic E-state index is -1.83. The summed E-state index contributed by atoms with van der Waals surface area (Å²) < 4.78 is 12.9. The number of anilines is 1. The zero-order chi connectivity index (χ0) is 31.1. The zero-order valence-corrected chi connectivity index (χ0v) is 24.1. The third-order valence-electron chi connectivity index (χ3n) is 7.39. The second-order valence-electron chi connectivity index (χ2n) is 10.5. The molecule has 11 heteroatoms. The van der Waals surface area contributed by atoms with Gasteiger partial charge in [0.1, 0.15) is 5.75 Å². The Labute approximate surface area is 254 Å². The molecule has 1 aromatic heterocycles. The van der Waals surface area contributed by atoms with Crippen LogP contribution in [0.2, 0.25) is 0 Å². The number of benzene rings is 3. The van der Waals surface area contributed by atoms with E-state index < -0.39 is 24.1 Å². The van der Waals surface area contributed by atoms with Crippen LogP contribution in [0.25, 0.3) is 22.2 Å². The molecule has 4 N–H and O–H groups in total. The molecule has 0 bridgehead atoms. The second kappa shape index (κ2) is 14.4. The summed E-state index contributed by atoms with van der Waals surface area (Å²) in [6.45, 7) is 0.783. The number of ketones is 3. The summed E-state index contributed by atoms with van der Waals surface area (Å²) >= 11 is 0. The number of hydrogen-bond acceptors (Lipinski definition) is 10. The molecule has 1 fully saturated rings. The summed E-state index contributed by atoms with van der Waals surface area (Å²) in [6.07, 6.45) is -0.364. The van der Waals surface area contributed by atoms with Gasteiger partial charge in [0.05, 0.1) is 17.6 Å². The Bertz CT molecular complexity index is 1650. The van der Waals surface area contributed by atoms with Crippen LogP contribution in [0.3, 0.4) is 0 Å². The van der Waals surface area contributed by atoms with Gasteiger partial charge >= 0.3 is 0 Å². The molecule has 0 aliphatic carbocycles. The van der Waals surface area contributed by atoms with E-state index in [0.717, 1.165) is 16.7 Å². The van der Waals surface area contributed by atoms with Crippen LogP contribution in [0.4, 0.5) is 5.95 Å². The topological polar surface area (TPSA) is 160 Å². The molecule has 0 saturated carbocycles. The summed E-state index contributed by atoms with van der Waals surface area (Å²) in [4.78, 5) is 42.0. The number of ether oxygens (including phenoxy) is 2. The fourth-order valence-corrected chi connectivity index (χ4v) is 5.09. The molecule has 11 nitrogen and oxygen atoms in total. The van der Waals surface area contributed by atoms with E-state index in [1.54, 1.807) is 30.3 Å². The van der Waals surface area contributed by atoms with Crippen LogP contribution in [-0.2, 0) is 20.9 Å². The molecule has 4 aromatic rings. The molecule has 2 atom stereocenters. The Morgan fingerprint density at radius 1 is 0.932 bits per heavy atom. The van der Waals surface area contributed by atoms with Crippen molar-refractivity contribution in [2.45, 2.75) is 51.2 Å². The van der Waals surface area contributed by atoms with E-state index in [-0.39, 0.29) is 31.5 Å². The maximum Gasteiger partial charge on any atom is 0.258 e. The summed E-state index contributed by atoms with van der Waals surface area (Å²) in [6, 6.07) is 20.2. The molecule has 5 rings (SSSR count). The van der Waals surface area contributed by atoms with E-state index in [1.807, 2.05) is 36.4 Å². The van der Waals surface area contributed by atoms with Crippen LogP contribution in [0, 0.1) is 0 Å². The number of unbranched alkanes of at least 4 members (excludes halogenated alkanes) is 2. The molecule has 1 aliphatic heterocycles. The number of fused-ring (bicyclic) bond motifs is 1. The molecule has 2 heterocycles. The number of Topliss-reactive ketones (excluding diaryl/α,β-unsaturated/α-hetero) is 3. The van der Waals surface area contributed by atoms with Gasteiger partial charge in [-0.1, -0.05) is 42.5 Å². The van der Waals surface area contributed by atoms with Crippen molar-refractivity contribution in [3.05, 3.63) is 77.9 Å². The number of carbonyl (C=O) groups is 3. The molecule has 0 amide bonds. The number of nitrogens with zero attached hydrogens (tertiary/aromatic N) is 2. The molecule has 0 radical (unpaired) electrons. The Hall–Kier alpha value is -4.42. The monoisotopic (exact) mass is 601 g/mol. The van der Waals surface area contributed by atoms with Gasteiger partial charge in [0, 0.05) is 37.3 Å². The lowest BCUT2D eigenvalue weighted by molar-refractivity contribution is -0.147. The first-order chi connectivity index (χ1) is 21.4. The van der Waals surface area contributed by atoms with Crippen LogP contribution < -0.4 is 10.1 Å². The Morgan fingerprint density at radius 3 is 2.50 bits per heavy atom. The second-order valence-corrected chi connectivity index (χ2v) is 10.5. The van der Waals surface area contributed by atoms with Gasteiger partial charge in [-0.25, -0.2) is 4.98 Å². The number of aromatic nitrogens is 2. The first-order valence-corrected chi connectivity index (χ1v) is 14.6. The largest absolute Gasteiger partial charge is 0.493 e. The number of carbonyl (C=O) groups excluding carboxylic acids is 3. The smallest absolute Gasteiger partial charge is 0.258 e. The first-order valence-electron chi connectivity index (χ1n) is 14.6. The average molecular weight is 602 g/mol. The number of nitrogens with one attached hydrogen (secondary N) is 1. The van der Waals surface area contributed by atoms with E-state index in [2.05, 4.69) is 10.3 Å². The number of hydrogen-bond donors (Lipinski definition) is 4. The SMILES string of the molecule is O=C(CCCCO)c1cccc(-c2ccc(CNc3nc4ccccc4n3[C@@H]3O[C@H](O)C(=O)C3=O)cc2OCCCCO)c1. The van der Waals surface area contributed by atoms with Gasteiger partial charge in [-0.3, -0.25) is 19.0 Å². The van der Waals surface area contributed by atoms with E-state index in [4.69, 9.17) is 14.6 Å². The van der Waals surface area contributed by atoms with Crippen molar-refractivity contribution in [3.8, 4) is 16.9 Å². The molecule has 1 saturated heterocycles. The van der Waals surface area contributed by atoms with E-state index in [1.165, 1.54) is 4.57 Å². The summed E-state index contributed by atoms with van der Waals surface area (Å²) in [5.41, 5.74) is 4.17. The predicted molar refractivity (Wildman–Crippen MR) is 162 cm³/mol. The Balaban J connectivity index is 1.41. The minimum absolute atomic E-state index is 0.00775. The summed E-state index contributed by atoms with van der Waals surface area (Å²) in [5, 5.41) is 31.3. The maximum absolute atomic E-state index is 12.7. The van der Waals surface area contributed by atoms with E-state index in [9.17, 15) is 24.6 Å². The van der Waals surface area contributed by atoms with Gasteiger partial charge in [-0.2, -0.15) is 0 Å². The van der Waals surface area contributed by atoms with Gasteiger partial charge in [0.25, 0.3) is 11.6 Å². The maximum atomic E-state index is 12.7. The Kier molecular flexibility index (Phi) is 10.1. The van der Waals surface area contributed by atoms with Crippen LogP contribution in [-0.4, -0.2) is 68.3 Å². The van der Waals surface area contributed by atoms with Crippen molar-refractivity contribution in [1.82, 2.24) is 9.55 Å². The third kappa shape index (κ3) is 6.87. The predicted octanol–water partition coefficient (Wildman–Crippen LogP) is 3.80. The van der Waals surface area contributed by atoms with Gasteiger partial charge < -0.3 is 30.1 Å². The highest BCUT2D eigenvalue weighted by Crippen LogP contribution is 2.34. The van der Waals surface area contributed by atoms with Crippen molar-refractivity contribution < 1.29 is 39.2 Å². The highest BCUT2D eigenvalue weighted by atomic mass is 16.6. The lowest BCUT2D eigenvalue weighted by Crippen LogP contribution is -2.21. The van der Waals surface area contributed by atoms with Crippen molar-refractivity contribution in [3.63, 3.8) is 0 Å². The van der Waals surface area contributed by atoms with Crippen LogP contribution >= 0.6 is 0 Å². The number of rotatable bonds is 15. The lowest BCUT2D eigenvalue weighted by Gasteiger charge is -2.17. The number of para-hydroxylation sites is 2. The molecule has 230 valence electrons. The molecule has 44 heavy (non-hydrogen) atoms. The van der Waals surface area contributed by atoms with E-state index in [0.29, 0.717) is 61.1 Å². The van der Waals surface area contributed by atoms with Crippen molar-refractivity contribution in [2.24, 2.45) is 0 Å². The molecule has 3 aromatic carbocycles. The standard InChI is InChI=1S/C33H35N3O8/c37-15-4-3-12-27(39)23-9-7-8-22(19-23)24-14-13-21(18-28(24)43-17-6-5-16-38)20-34-33-35-25-10-1-2-11-26(25)36(33)31-29(40)30(41)32(42)44-31/h1-2,7-11,13-14,18-19,31-32,37-38,42H,3-6,12,15-17,20H2,(H,34,35)/t31-,32+/m1/s1. The van der Waals surface area contributed by atoms with Crippen LogP contribution in [0.1, 0.15) is 54.3 Å². The third-order valence-corrected chi connectivity index (χ3v) is 7.39. The summed E-state index contributed by atoms with van der Waals surface area (Å²) in [5.74, 6) is -0.973. The first kappa shape index (κ1) is 31.0. The number of imidazole rings is 1. The highest BCUT2D eigenvalue weighted by molar-refractivity contribution is 6.41. The fraction of sp³-hybridized carbons (Fsp3) is 0.333. The van der Waals surface area contributed by atoms with Crippen molar-refractivity contribution >= 4 is 34.3 Å². The Morgan fingerprint density at radius 2 is 1.73 bits per heavy atom. The van der Waals surface area contributed by atoms with Gasteiger partial charge in [-0.05, 0) is 61.1 Å². The van der Waals surface area contributed by atoms with Gasteiger partial charge in [0.15, 0.2) is 5.78 Å². The van der Waals surface area contributed by atoms with E-state index >= 15 is 0 Å². The average Bonchev–Trinajstić information content (AvgIpc) is 3.53. The van der Waals surface area contributed by atoms with Crippen LogP contribution in [0.15, 0.2) is 66.7 Å². The molecular weight excluding hydrogens is 566 g/mol. The summed E-state index contributed by atoms with van der Waals surface area (Å²) in [7, 11) is 0. The normalized spacial score (nSPS) is 16.5. The number of aliphatic hydroxyl groups excluding tert-OH is 3. The molecule has 1 aliphatic rings. The van der Waals surface area contributed by atoms with Crippen molar-refractivity contribution in [1.29, 1.82) is 0 Å². The van der Waals surface area contributed by atoms with Crippen molar-refractivity contribution in [2.75, 3.05) is 25.1 Å². The van der Waals surface area contributed by atoms with Crippen LogP contribution in [0.5, 0.6) is 5.75 Å². The molecular formula is C33H35N3O8. The number of aliphatic hydroxyl groups is 3. The molecule has 0 unspecified atom stereocenters.